The molecular formula is C32H32N2O2+2. The van der Waals surface area contributed by atoms with Gasteiger partial charge >= 0.3 is 0 Å². The maximum atomic E-state index is 5.90. The van der Waals surface area contributed by atoms with Gasteiger partial charge in [-0.1, -0.05) is 54.6 Å². The van der Waals surface area contributed by atoms with Gasteiger partial charge in [0, 0.05) is 24.3 Å². The van der Waals surface area contributed by atoms with Crippen LogP contribution in [-0.4, -0.2) is 35.0 Å². The molecule has 0 unspecified atom stereocenters. The zero-order valence-electron chi connectivity index (χ0n) is 21.4. The minimum atomic E-state index is 0.571. The molecule has 0 N–H and O–H groups in total. The number of benzene rings is 4. The van der Waals surface area contributed by atoms with Crippen LogP contribution in [0, 0.1) is 27.7 Å². The summed E-state index contributed by atoms with van der Waals surface area (Å²) in [7, 11) is 0. The van der Waals surface area contributed by atoms with E-state index in [0.29, 0.717) is 13.5 Å². The van der Waals surface area contributed by atoms with Crippen LogP contribution in [0.3, 0.4) is 0 Å². The second-order valence-electron chi connectivity index (χ2n) is 9.28. The number of para-hydroxylation sites is 2. The van der Waals surface area contributed by atoms with Gasteiger partial charge < -0.3 is 9.47 Å². The molecule has 180 valence electrons. The molecule has 0 aliphatic carbocycles. The van der Waals surface area contributed by atoms with Crippen molar-refractivity contribution in [1.82, 2.24) is 0 Å². The molecule has 4 aromatic rings. The normalized spacial score (nSPS) is 13.6. The fourth-order valence-electron chi connectivity index (χ4n) is 4.47. The van der Waals surface area contributed by atoms with Gasteiger partial charge in [0.05, 0.1) is 11.1 Å². The van der Waals surface area contributed by atoms with E-state index in [0.717, 1.165) is 28.4 Å². The van der Waals surface area contributed by atoms with Crippen LogP contribution in [0.5, 0.6) is 11.5 Å². The van der Waals surface area contributed by atoms with Crippen LogP contribution in [-0.2, 0) is 0 Å². The van der Waals surface area contributed by atoms with E-state index >= 15 is 0 Å². The third kappa shape index (κ3) is 4.80. The van der Waals surface area contributed by atoms with Gasteiger partial charge in [-0.2, -0.15) is 9.15 Å². The first-order chi connectivity index (χ1) is 17.5. The van der Waals surface area contributed by atoms with Gasteiger partial charge in [0.25, 0.3) is 13.5 Å². The predicted octanol–water partition coefficient (Wildman–Crippen LogP) is 6.83. The highest BCUT2D eigenvalue weighted by molar-refractivity contribution is 5.84. The van der Waals surface area contributed by atoms with Crippen LogP contribution >= 0.6 is 0 Å². The molecule has 36 heavy (non-hydrogen) atoms. The first-order valence-corrected chi connectivity index (χ1v) is 12.3. The molecule has 2 heterocycles. The molecule has 0 bridgehead atoms. The minimum Gasteiger partial charge on any atom is -0.435 e. The average Bonchev–Trinajstić information content (AvgIpc) is 2.94. The lowest BCUT2D eigenvalue weighted by molar-refractivity contribution is -0.476. The summed E-state index contributed by atoms with van der Waals surface area (Å²) >= 11 is 0. The average molecular weight is 477 g/mol. The lowest BCUT2D eigenvalue weighted by Gasteiger charge is -2.17. The Morgan fingerprint density at radius 2 is 1.06 bits per heavy atom. The van der Waals surface area contributed by atoms with Crippen LogP contribution in [0.2, 0.25) is 0 Å². The summed E-state index contributed by atoms with van der Waals surface area (Å²) in [6.07, 6.45) is 4.33. The first kappa shape index (κ1) is 23.6. The minimum absolute atomic E-state index is 0.571. The Bertz CT molecular complexity index is 1450. The molecule has 4 heteroatoms. The van der Waals surface area contributed by atoms with Crippen LogP contribution in [0.15, 0.2) is 84.9 Å². The molecule has 0 spiro atoms. The lowest BCUT2D eigenvalue weighted by Crippen LogP contribution is -2.21. The van der Waals surface area contributed by atoms with Crippen LogP contribution in [0.1, 0.15) is 33.4 Å². The van der Waals surface area contributed by atoms with E-state index in [1.807, 2.05) is 36.4 Å². The van der Waals surface area contributed by atoms with E-state index in [4.69, 9.17) is 9.47 Å². The molecule has 4 nitrogen and oxygen atoms in total. The third-order valence-electron chi connectivity index (χ3n) is 6.77. The Kier molecular flexibility index (Phi) is 6.68. The van der Waals surface area contributed by atoms with Gasteiger partial charge in [0.1, 0.15) is 11.5 Å². The van der Waals surface area contributed by atoms with E-state index in [9.17, 15) is 0 Å². The molecule has 0 atom stereocenters. The summed E-state index contributed by atoms with van der Waals surface area (Å²) in [4.78, 5) is 0. The van der Waals surface area contributed by atoms with Crippen molar-refractivity contribution in [2.75, 3.05) is 13.5 Å². The Labute approximate surface area is 213 Å². The number of ether oxygens (including phenoxy) is 2. The topological polar surface area (TPSA) is 24.5 Å². The lowest BCUT2D eigenvalue weighted by atomic mass is 10.0. The highest BCUT2D eigenvalue weighted by Crippen LogP contribution is 2.30. The molecule has 2 aliphatic rings. The van der Waals surface area contributed by atoms with Crippen molar-refractivity contribution in [3.8, 4) is 11.5 Å². The fourth-order valence-corrected chi connectivity index (χ4v) is 4.47. The summed E-state index contributed by atoms with van der Waals surface area (Å²) in [6.45, 7) is 9.57. The third-order valence-corrected chi connectivity index (χ3v) is 6.77. The standard InChI is InChI=1S/2C16H16NO/c1-12-8-9-14-10-17(11-18-16(14)13(12)2)15-6-4-3-5-7-15;1-12-8-9-13(2)16-15(12)10-17(11-18-16)14-6-4-3-5-7-14/h2*3-10H,11H2,1-2H3/q2*+1. The van der Waals surface area contributed by atoms with E-state index in [1.165, 1.54) is 27.8 Å². The summed E-state index contributed by atoms with van der Waals surface area (Å²) in [5.74, 6) is 2.03. The van der Waals surface area contributed by atoms with Gasteiger partial charge in [-0.05, 0) is 56.0 Å². The predicted molar refractivity (Wildman–Crippen MR) is 146 cm³/mol. The largest absolute Gasteiger partial charge is 0.435 e. The summed E-state index contributed by atoms with van der Waals surface area (Å²) in [6, 6.07) is 29.1. The summed E-state index contributed by atoms with van der Waals surface area (Å²) in [5, 5.41) is 0. The van der Waals surface area contributed by atoms with Gasteiger partial charge in [-0.15, -0.1) is 0 Å². The molecule has 0 radical (unpaired) electrons. The van der Waals surface area contributed by atoms with Crippen molar-refractivity contribution in [2.24, 2.45) is 0 Å². The Morgan fingerprint density at radius 1 is 0.528 bits per heavy atom. The van der Waals surface area contributed by atoms with Crippen molar-refractivity contribution in [3.05, 3.63) is 118 Å². The van der Waals surface area contributed by atoms with E-state index in [-0.39, 0.29) is 0 Å². The number of fused-ring (bicyclic) bond motifs is 2. The monoisotopic (exact) mass is 476 g/mol. The Morgan fingerprint density at radius 3 is 1.69 bits per heavy atom. The summed E-state index contributed by atoms with van der Waals surface area (Å²) < 4.78 is 16.0. The molecule has 2 aliphatic heterocycles. The maximum Gasteiger partial charge on any atom is 0.292 e. The van der Waals surface area contributed by atoms with E-state index in [1.54, 1.807) is 0 Å². The highest BCUT2D eigenvalue weighted by Gasteiger charge is 2.22. The van der Waals surface area contributed by atoms with Gasteiger partial charge in [-0.3, -0.25) is 0 Å². The first-order valence-electron chi connectivity index (χ1n) is 12.3. The molecule has 0 fully saturated rings. The number of rotatable bonds is 2. The number of nitrogens with zero attached hydrogens (tertiary/aromatic N) is 2. The van der Waals surface area contributed by atoms with Gasteiger partial charge in [-0.25, -0.2) is 0 Å². The quantitative estimate of drug-likeness (QED) is 0.296. The maximum absolute atomic E-state index is 5.90. The molecule has 0 saturated carbocycles. The van der Waals surface area contributed by atoms with Crippen LogP contribution in [0.4, 0.5) is 11.4 Å². The zero-order chi connectivity index (χ0) is 25.1. The second-order valence-corrected chi connectivity index (χ2v) is 9.28. The number of aryl methyl sites for hydroxylation is 3. The fraction of sp³-hybridized carbons (Fsp3) is 0.188. The van der Waals surface area contributed by atoms with Crippen molar-refractivity contribution in [3.63, 3.8) is 0 Å². The molecule has 6 rings (SSSR count). The van der Waals surface area contributed by atoms with Crippen molar-refractivity contribution in [1.29, 1.82) is 0 Å². The highest BCUT2D eigenvalue weighted by atomic mass is 16.5. The van der Waals surface area contributed by atoms with E-state index in [2.05, 4.69) is 97.8 Å². The smallest absolute Gasteiger partial charge is 0.292 e. The molecule has 0 saturated heterocycles. The molecule has 0 aromatic heterocycles. The molecular weight excluding hydrogens is 444 g/mol. The Hall–Kier alpha value is -4.18. The number of hydrogen-bond acceptors (Lipinski definition) is 2. The Balaban J connectivity index is 0.000000148. The summed E-state index contributed by atoms with van der Waals surface area (Å²) in [5.41, 5.74) is 9.59. The van der Waals surface area contributed by atoms with Crippen LogP contribution < -0.4 is 9.47 Å². The van der Waals surface area contributed by atoms with Gasteiger partial charge in [0.15, 0.2) is 12.4 Å². The van der Waals surface area contributed by atoms with E-state index < -0.39 is 0 Å². The molecule has 4 aromatic carbocycles. The second kappa shape index (κ2) is 10.2. The zero-order valence-corrected chi connectivity index (χ0v) is 21.4. The number of hydrogen-bond donors (Lipinski definition) is 0. The van der Waals surface area contributed by atoms with Crippen LogP contribution in [0.25, 0.3) is 0 Å². The van der Waals surface area contributed by atoms with Gasteiger partial charge in [0.2, 0.25) is 11.4 Å². The van der Waals surface area contributed by atoms with Crippen molar-refractivity contribution in [2.45, 2.75) is 27.7 Å². The molecule has 0 amide bonds. The SMILES string of the molecule is Cc1ccc(C)c2c1C=[N+](c1ccccc1)CO2.Cc1ccc2c(c1C)OC[N+](c1ccccc1)=C2. The van der Waals surface area contributed by atoms with Crippen molar-refractivity contribution >= 4 is 23.8 Å². The van der Waals surface area contributed by atoms with Crippen molar-refractivity contribution < 1.29 is 18.6 Å².